The maximum Gasteiger partial charge on any atom is 0.412 e. The van der Waals surface area contributed by atoms with E-state index in [1.54, 1.807) is 14.0 Å². The average molecular weight is 508 g/mol. The molecule has 0 bridgehead atoms. The summed E-state index contributed by atoms with van der Waals surface area (Å²) >= 11 is 1.29. The summed E-state index contributed by atoms with van der Waals surface area (Å²) in [5, 5.41) is 2.94. The highest BCUT2D eigenvalue weighted by atomic mass is 32.2. The van der Waals surface area contributed by atoms with E-state index in [2.05, 4.69) is 19.2 Å². The van der Waals surface area contributed by atoms with Gasteiger partial charge in [0.25, 0.3) is 0 Å². The Kier molecular flexibility index (Phi) is 10.2. The molecule has 0 fully saturated rings. The lowest BCUT2D eigenvalue weighted by Gasteiger charge is -2.15. The van der Waals surface area contributed by atoms with Gasteiger partial charge in [-0.05, 0) is 58.9 Å². The molecule has 0 atom stereocenters. The Morgan fingerprint density at radius 3 is 2.22 bits per heavy atom. The van der Waals surface area contributed by atoms with Gasteiger partial charge in [-0.15, -0.1) is 0 Å². The maximum absolute atomic E-state index is 12.6. The third-order valence-electron chi connectivity index (χ3n) is 5.43. The van der Waals surface area contributed by atoms with Crippen molar-refractivity contribution in [1.82, 2.24) is 0 Å². The predicted molar refractivity (Wildman–Crippen MR) is 146 cm³/mol. The highest BCUT2D eigenvalue weighted by molar-refractivity contribution is 8.12. The van der Waals surface area contributed by atoms with Crippen molar-refractivity contribution in [2.75, 3.05) is 19.0 Å². The first-order chi connectivity index (χ1) is 17.3. The van der Waals surface area contributed by atoms with Gasteiger partial charge in [0.2, 0.25) is 0 Å². The smallest absolute Gasteiger partial charge is 0.412 e. The molecule has 1 N–H and O–H groups in total. The van der Waals surface area contributed by atoms with Crippen LogP contribution in [0, 0.1) is 5.92 Å². The maximum atomic E-state index is 12.6. The van der Waals surface area contributed by atoms with Crippen LogP contribution in [0.1, 0.15) is 38.3 Å². The molecule has 0 aliphatic rings. The van der Waals surface area contributed by atoms with Gasteiger partial charge in [0.05, 0.1) is 19.4 Å². The van der Waals surface area contributed by atoms with Gasteiger partial charge in [-0.2, -0.15) is 0 Å². The number of methoxy groups -OCH3 is 1. The number of carbonyl (C=O) groups excluding carboxylic acids is 2. The van der Waals surface area contributed by atoms with E-state index in [0.29, 0.717) is 29.7 Å². The molecule has 6 nitrogen and oxygen atoms in total. The summed E-state index contributed by atoms with van der Waals surface area (Å²) in [4.78, 5) is 23.8. The molecule has 3 rings (SSSR count). The van der Waals surface area contributed by atoms with Crippen LogP contribution < -0.4 is 14.8 Å². The van der Waals surface area contributed by atoms with Gasteiger partial charge < -0.3 is 14.2 Å². The summed E-state index contributed by atoms with van der Waals surface area (Å²) < 4.78 is 16.6. The molecule has 0 aliphatic carbocycles. The number of benzene rings is 3. The van der Waals surface area contributed by atoms with Gasteiger partial charge in [-0.25, -0.2) is 4.79 Å². The minimum Gasteiger partial charge on any atom is -0.497 e. The number of amides is 1. The van der Waals surface area contributed by atoms with Crippen LogP contribution >= 0.6 is 11.8 Å². The number of hydrogen-bond donors (Lipinski definition) is 1. The quantitative estimate of drug-likeness (QED) is 0.293. The van der Waals surface area contributed by atoms with Crippen molar-refractivity contribution in [3.8, 4) is 22.6 Å². The highest BCUT2D eigenvalue weighted by Gasteiger charge is 2.12. The minimum absolute atomic E-state index is 0.0988. The number of rotatable bonds is 11. The van der Waals surface area contributed by atoms with Crippen molar-refractivity contribution in [1.29, 1.82) is 0 Å². The van der Waals surface area contributed by atoms with Gasteiger partial charge in [0.1, 0.15) is 18.1 Å². The Labute approximate surface area is 217 Å². The summed E-state index contributed by atoms with van der Waals surface area (Å²) in [7, 11) is 1.61. The van der Waals surface area contributed by atoms with Gasteiger partial charge in [0, 0.05) is 12.7 Å². The van der Waals surface area contributed by atoms with Crippen molar-refractivity contribution < 1.29 is 23.8 Å². The fraction of sp³-hybridized carbons (Fsp3) is 0.310. The van der Waals surface area contributed by atoms with E-state index in [9.17, 15) is 9.59 Å². The zero-order valence-electron chi connectivity index (χ0n) is 21.2. The Morgan fingerprint density at radius 2 is 1.58 bits per heavy atom. The Hall–Kier alpha value is -3.45. The molecule has 0 aliphatic heterocycles. The molecule has 7 heteroatoms. The van der Waals surface area contributed by atoms with Crippen LogP contribution in [-0.4, -0.2) is 24.9 Å². The van der Waals surface area contributed by atoms with Crippen LogP contribution in [0.4, 0.5) is 10.5 Å². The van der Waals surface area contributed by atoms with E-state index in [1.165, 1.54) is 11.8 Å². The topological polar surface area (TPSA) is 73.9 Å². The van der Waals surface area contributed by atoms with Gasteiger partial charge in [0.15, 0.2) is 5.12 Å². The number of ether oxygens (including phenoxy) is 3. The molecule has 1 amide bonds. The normalized spacial score (nSPS) is 10.7. The van der Waals surface area contributed by atoms with Gasteiger partial charge in [-0.1, -0.05) is 68.1 Å². The van der Waals surface area contributed by atoms with E-state index < -0.39 is 6.09 Å². The van der Waals surface area contributed by atoms with Crippen LogP contribution in [0.25, 0.3) is 11.1 Å². The highest BCUT2D eigenvalue weighted by Crippen LogP contribution is 2.32. The second-order valence-electron chi connectivity index (χ2n) is 8.77. The number of thioether (sulfide) groups is 1. The van der Waals surface area contributed by atoms with E-state index in [0.717, 1.165) is 34.4 Å². The summed E-state index contributed by atoms with van der Waals surface area (Å²) in [6.45, 7) is 6.54. The third kappa shape index (κ3) is 8.64. The first-order valence-electron chi connectivity index (χ1n) is 11.9. The number of carbonyl (C=O) groups is 2. The van der Waals surface area contributed by atoms with Crippen molar-refractivity contribution in [2.45, 2.75) is 39.6 Å². The molecule has 3 aromatic carbocycles. The van der Waals surface area contributed by atoms with Crippen LogP contribution in [0.15, 0.2) is 66.7 Å². The predicted octanol–water partition coefficient (Wildman–Crippen LogP) is 7.32. The average Bonchev–Trinajstić information content (AvgIpc) is 2.87. The van der Waals surface area contributed by atoms with Gasteiger partial charge in [-0.3, -0.25) is 10.1 Å². The molecule has 0 saturated heterocycles. The minimum atomic E-state index is -0.562. The molecule has 36 heavy (non-hydrogen) atoms. The lowest BCUT2D eigenvalue weighted by Crippen LogP contribution is -2.15. The summed E-state index contributed by atoms with van der Waals surface area (Å²) in [6, 6.07) is 21.1. The second kappa shape index (κ2) is 13.6. The third-order valence-corrected chi connectivity index (χ3v) is 6.31. The first-order valence-corrected chi connectivity index (χ1v) is 12.9. The van der Waals surface area contributed by atoms with Crippen LogP contribution in [0.5, 0.6) is 11.5 Å². The summed E-state index contributed by atoms with van der Waals surface area (Å²) in [5.41, 5.74) is 4.41. The van der Waals surface area contributed by atoms with E-state index in [1.807, 2.05) is 66.7 Å². The molecule has 0 heterocycles. The molecular formula is C29H33NO5S. The van der Waals surface area contributed by atoms with Crippen molar-refractivity contribution in [3.05, 3.63) is 77.9 Å². The first kappa shape index (κ1) is 27.1. The second-order valence-corrected chi connectivity index (χ2v) is 9.92. The lowest BCUT2D eigenvalue weighted by atomic mass is 10.0. The fourth-order valence-electron chi connectivity index (χ4n) is 3.33. The fourth-order valence-corrected chi connectivity index (χ4v) is 3.90. The number of hydrogen-bond acceptors (Lipinski definition) is 6. The summed E-state index contributed by atoms with van der Waals surface area (Å²) in [6.07, 6.45) is 0.344. The number of anilines is 1. The molecule has 0 saturated carbocycles. The monoisotopic (exact) mass is 507 g/mol. The van der Waals surface area contributed by atoms with Crippen molar-refractivity contribution in [2.24, 2.45) is 5.92 Å². The molecular weight excluding hydrogens is 474 g/mol. The molecule has 0 radical (unpaired) electrons. The van der Waals surface area contributed by atoms with E-state index in [4.69, 9.17) is 14.2 Å². The van der Waals surface area contributed by atoms with Crippen LogP contribution in [-0.2, 0) is 21.9 Å². The SMILES string of the molecule is COc1ccc(COC(=O)Nc2cc(-c3ccc(CSC(C)=O)cc3)ccc2OCCC(C)C)cc1. The number of nitrogens with one attached hydrogen (secondary N) is 1. The zero-order chi connectivity index (χ0) is 25.9. The largest absolute Gasteiger partial charge is 0.497 e. The lowest BCUT2D eigenvalue weighted by molar-refractivity contribution is -0.109. The van der Waals surface area contributed by atoms with Crippen molar-refractivity contribution >= 4 is 28.7 Å². The van der Waals surface area contributed by atoms with Crippen LogP contribution in [0.3, 0.4) is 0 Å². The van der Waals surface area contributed by atoms with E-state index in [-0.39, 0.29) is 11.7 Å². The zero-order valence-corrected chi connectivity index (χ0v) is 22.0. The van der Waals surface area contributed by atoms with Gasteiger partial charge >= 0.3 is 6.09 Å². The molecule has 0 unspecified atom stereocenters. The molecule has 190 valence electrons. The Bertz CT molecular complexity index is 1140. The van der Waals surface area contributed by atoms with E-state index >= 15 is 0 Å². The Balaban J connectivity index is 1.73. The Morgan fingerprint density at radius 1 is 0.917 bits per heavy atom. The molecule has 3 aromatic rings. The van der Waals surface area contributed by atoms with Crippen molar-refractivity contribution in [3.63, 3.8) is 0 Å². The summed E-state index contributed by atoms with van der Waals surface area (Å²) in [5.74, 6) is 2.49. The standard InChI is InChI=1S/C29H33NO5S/c1-20(2)15-16-34-28-14-11-25(24-9-5-23(6-10-24)19-36-21(3)31)17-27(28)30-29(32)35-18-22-7-12-26(33-4)13-8-22/h5-14,17,20H,15-16,18-19H2,1-4H3,(H,30,32). The molecule has 0 spiro atoms. The van der Waals surface area contributed by atoms with Crippen LogP contribution in [0.2, 0.25) is 0 Å². The molecule has 0 aromatic heterocycles.